The molecule has 2 rings (SSSR count). The van der Waals surface area contributed by atoms with E-state index in [9.17, 15) is 13.2 Å². The van der Waals surface area contributed by atoms with Crippen molar-refractivity contribution in [3.05, 3.63) is 47.8 Å². The van der Waals surface area contributed by atoms with Crippen LogP contribution >= 0.6 is 0 Å². The quantitative estimate of drug-likeness (QED) is 0.786. The molecule has 1 amide bonds. The Morgan fingerprint density at radius 3 is 2.65 bits per heavy atom. The molecule has 0 spiro atoms. The summed E-state index contributed by atoms with van der Waals surface area (Å²) >= 11 is 0. The predicted molar refractivity (Wildman–Crippen MR) is 87.1 cm³/mol. The lowest BCUT2D eigenvalue weighted by molar-refractivity contribution is 0.100. The first-order valence-corrected chi connectivity index (χ1v) is 8.72. The lowest BCUT2D eigenvalue weighted by Crippen LogP contribution is -2.07. The van der Waals surface area contributed by atoms with Crippen LogP contribution < -0.4 is 4.74 Å². The number of amides is 1. The van der Waals surface area contributed by atoms with Gasteiger partial charge in [-0.3, -0.25) is 9.78 Å². The smallest absolute Gasteiger partial charge is 0.276 e. The zero-order valence-corrected chi connectivity index (χ0v) is 13.6. The molecule has 0 aliphatic heterocycles. The fourth-order valence-electron chi connectivity index (χ4n) is 2.08. The van der Waals surface area contributed by atoms with Crippen LogP contribution in [0.4, 0.5) is 0 Å². The number of sulfone groups is 1. The largest absolute Gasteiger partial charge is 0.454 e. The van der Waals surface area contributed by atoms with Gasteiger partial charge in [-0.05, 0) is 43.0 Å². The summed E-state index contributed by atoms with van der Waals surface area (Å²) in [6.07, 6.45) is 4.63. The highest BCUT2D eigenvalue weighted by Crippen LogP contribution is 2.32. The standard InChI is InChI=1S/C16H16N2O4S/c1-4-11-8-14(22-12-6-5-7-18-10-12)15(23(3,20)21)9-13(11)16(19)17-2/h5-10H,2,4H2,1,3H3. The average Bonchev–Trinajstić information content (AvgIpc) is 2.53. The van der Waals surface area contributed by atoms with Crippen molar-refractivity contribution >= 4 is 22.5 Å². The third-order valence-corrected chi connectivity index (χ3v) is 4.30. The maximum absolute atomic E-state index is 12.1. The number of pyridine rings is 1. The number of carbonyl (C=O) groups excluding carboxylic acids is 1. The zero-order chi connectivity index (χ0) is 17.0. The minimum atomic E-state index is -3.60. The van der Waals surface area contributed by atoms with Gasteiger partial charge in [-0.1, -0.05) is 6.92 Å². The predicted octanol–water partition coefficient (Wildman–Crippen LogP) is 2.68. The summed E-state index contributed by atoms with van der Waals surface area (Å²) in [6.45, 7) is 5.06. The number of aryl methyl sites for hydroxylation is 1. The molecule has 0 saturated heterocycles. The molecular weight excluding hydrogens is 316 g/mol. The first-order chi connectivity index (χ1) is 10.9. The summed E-state index contributed by atoms with van der Waals surface area (Å²) in [6, 6.07) is 6.17. The molecule has 0 aliphatic carbocycles. The van der Waals surface area contributed by atoms with Crippen LogP contribution in [0.3, 0.4) is 0 Å². The van der Waals surface area contributed by atoms with Crippen molar-refractivity contribution in [3.63, 3.8) is 0 Å². The second-order valence-electron chi connectivity index (χ2n) is 4.84. The highest BCUT2D eigenvalue weighted by molar-refractivity contribution is 7.90. The number of ether oxygens (including phenoxy) is 1. The number of aromatic nitrogens is 1. The molecule has 23 heavy (non-hydrogen) atoms. The van der Waals surface area contributed by atoms with Crippen molar-refractivity contribution in [1.82, 2.24) is 4.98 Å². The SMILES string of the molecule is C=NC(=O)c1cc(S(C)(=O)=O)c(Oc2cccnc2)cc1CC. The van der Waals surface area contributed by atoms with Crippen LogP contribution in [-0.4, -0.2) is 32.3 Å². The maximum Gasteiger partial charge on any atom is 0.276 e. The van der Waals surface area contributed by atoms with E-state index in [1.165, 1.54) is 12.3 Å². The van der Waals surface area contributed by atoms with Gasteiger partial charge in [-0.15, -0.1) is 0 Å². The molecule has 6 nitrogen and oxygen atoms in total. The molecule has 0 fully saturated rings. The van der Waals surface area contributed by atoms with Gasteiger partial charge >= 0.3 is 0 Å². The van der Waals surface area contributed by atoms with E-state index in [1.807, 2.05) is 6.92 Å². The Labute approximate surface area is 134 Å². The minimum absolute atomic E-state index is 0.0782. The normalized spacial score (nSPS) is 11.0. The van der Waals surface area contributed by atoms with Crippen LogP contribution in [0.15, 0.2) is 46.5 Å². The number of aliphatic imine (C=N–C) groups is 1. The number of carbonyl (C=O) groups is 1. The van der Waals surface area contributed by atoms with Gasteiger partial charge in [0.05, 0.1) is 6.20 Å². The summed E-state index contributed by atoms with van der Waals surface area (Å²) < 4.78 is 29.8. The van der Waals surface area contributed by atoms with E-state index in [0.717, 1.165) is 6.26 Å². The first kappa shape index (κ1) is 16.8. The van der Waals surface area contributed by atoms with Gasteiger partial charge in [-0.25, -0.2) is 13.4 Å². The fourth-order valence-corrected chi connectivity index (χ4v) is 2.88. The molecule has 120 valence electrons. The average molecular weight is 332 g/mol. The van der Waals surface area contributed by atoms with Crippen molar-refractivity contribution in [2.45, 2.75) is 18.2 Å². The van der Waals surface area contributed by atoms with Gasteiger partial charge in [0.25, 0.3) is 5.91 Å². The second-order valence-corrected chi connectivity index (χ2v) is 6.82. The van der Waals surface area contributed by atoms with Crippen molar-refractivity contribution in [3.8, 4) is 11.5 Å². The highest BCUT2D eigenvalue weighted by Gasteiger charge is 2.21. The van der Waals surface area contributed by atoms with Gasteiger partial charge in [0.15, 0.2) is 9.84 Å². The minimum Gasteiger partial charge on any atom is -0.454 e. The Balaban J connectivity index is 2.65. The Kier molecular flexibility index (Phi) is 4.90. The molecule has 2 aromatic rings. The van der Waals surface area contributed by atoms with Crippen LogP contribution in [0, 0.1) is 0 Å². The second kappa shape index (κ2) is 6.70. The van der Waals surface area contributed by atoms with Gasteiger partial charge in [0, 0.05) is 18.0 Å². The molecule has 0 aliphatic rings. The third kappa shape index (κ3) is 3.81. The van der Waals surface area contributed by atoms with Crippen LogP contribution in [-0.2, 0) is 16.3 Å². The molecule has 0 atom stereocenters. The number of hydrogen-bond donors (Lipinski definition) is 0. The third-order valence-electron chi connectivity index (χ3n) is 3.19. The maximum atomic E-state index is 12.1. The number of benzene rings is 1. The molecule has 0 saturated carbocycles. The van der Waals surface area contributed by atoms with Gasteiger partial charge in [-0.2, -0.15) is 0 Å². The Morgan fingerprint density at radius 1 is 1.39 bits per heavy atom. The fraction of sp³-hybridized carbons (Fsp3) is 0.188. The molecular formula is C16H16N2O4S. The number of rotatable bonds is 5. The van der Waals surface area contributed by atoms with E-state index in [2.05, 4.69) is 16.7 Å². The Hall–Kier alpha value is -2.54. The molecule has 0 bridgehead atoms. The number of nitrogens with zero attached hydrogens (tertiary/aromatic N) is 2. The van der Waals surface area contributed by atoms with E-state index in [4.69, 9.17) is 4.74 Å². The van der Waals surface area contributed by atoms with Crippen LogP contribution in [0.1, 0.15) is 22.8 Å². The lowest BCUT2D eigenvalue weighted by Gasteiger charge is -2.14. The molecule has 1 aromatic heterocycles. The molecule has 7 heteroatoms. The molecule has 0 radical (unpaired) electrons. The van der Waals surface area contributed by atoms with Crippen molar-refractivity contribution in [2.24, 2.45) is 4.99 Å². The van der Waals surface area contributed by atoms with Crippen molar-refractivity contribution in [2.75, 3.05) is 6.26 Å². The lowest BCUT2D eigenvalue weighted by atomic mass is 10.0. The number of hydrogen-bond acceptors (Lipinski definition) is 5. The molecule has 0 unspecified atom stereocenters. The van der Waals surface area contributed by atoms with Gasteiger partial charge < -0.3 is 4.74 Å². The molecule has 1 heterocycles. The van der Waals surface area contributed by atoms with Crippen LogP contribution in [0.2, 0.25) is 0 Å². The topological polar surface area (TPSA) is 85.7 Å². The van der Waals surface area contributed by atoms with Gasteiger partial charge in [0.1, 0.15) is 16.4 Å². The molecule has 0 N–H and O–H groups in total. The first-order valence-electron chi connectivity index (χ1n) is 6.82. The molecule has 1 aromatic carbocycles. The summed E-state index contributed by atoms with van der Waals surface area (Å²) in [5.41, 5.74) is 0.843. The summed E-state index contributed by atoms with van der Waals surface area (Å²) in [5.74, 6) is -0.0157. The zero-order valence-electron chi connectivity index (χ0n) is 12.8. The monoisotopic (exact) mass is 332 g/mol. The van der Waals surface area contributed by atoms with Gasteiger partial charge in [0.2, 0.25) is 0 Å². The summed E-state index contributed by atoms with van der Waals surface area (Å²) in [7, 11) is -3.60. The van der Waals surface area contributed by atoms with E-state index in [1.54, 1.807) is 24.4 Å². The summed E-state index contributed by atoms with van der Waals surface area (Å²) in [4.78, 5) is 19.1. The van der Waals surface area contributed by atoms with E-state index >= 15 is 0 Å². The Bertz CT molecular complexity index is 846. The van der Waals surface area contributed by atoms with E-state index < -0.39 is 15.7 Å². The van der Waals surface area contributed by atoms with Crippen LogP contribution in [0.5, 0.6) is 11.5 Å². The van der Waals surface area contributed by atoms with Crippen LogP contribution in [0.25, 0.3) is 0 Å². The highest BCUT2D eigenvalue weighted by atomic mass is 32.2. The summed E-state index contributed by atoms with van der Waals surface area (Å²) in [5, 5.41) is 0. The van der Waals surface area contributed by atoms with E-state index in [0.29, 0.717) is 17.7 Å². The van der Waals surface area contributed by atoms with Crippen molar-refractivity contribution in [1.29, 1.82) is 0 Å². The van der Waals surface area contributed by atoms with E-state index in [-0.39, 0.29) is 16.2 Å². The van der Waals surface area contributed by atoms with Crippen molar-refractivity contribution < 1.29 is 17.9 Å². The Morgan fingerprint density at radius 2 is 2.13 bits per heavy atom.